The van der Waals surface area contributed by atoms with Crippen LogP contribution >= 0.6 is 15.9 Å². The molecule has 0 spiro atoms. The van der Waals surface area contributed by atoms with Crippen molar-refractivity contribution in [1.82, 2.24) is 9.78 Å². The van der Waals surface area contributed by atoms with Gasteiger partial charge in [0.1, 0.15) is 5.82 Å². The van der Waals surface area contributed by atoms with Crippen LogP contribution in [0.2, 0.25) is 0 Å². The SMILES string of the molecule is Fc1ccc(Cn2cc(Br)cn2)cc1. The van der Waals surface area contributed by atoms with Gasteiger partial charge >= 0.3 is 0 Å². The molecule has 0 unspecified atom stereocenters. The maximum absolute atomic E-state index is 12.6. The quantitative estimate of drug-likeness (QED) is 0.806. The van der Waals surface area contributed by atoms with Gasteiger partial charge in [-0.3, -0.25) is 4.68 Å². The molecule has 14 heavy (non-hydrogen) atoms. The molecule has 0 atom stereocenters. The van der Waals surface area contributed by atoms with Gasteiger partial charge in [-0.1, -0.05) is 12.1 Å². The number of rotatable bonds is 2. The van der Waals surface area contributed by atoms with E-state index < -0.39 is 0 Å². The van der Waals surface area contributed by atoms with Gasteiger partial charge in [0.2, 0.25) is 0 Å². The highest BCUT2D eigenvalue weighted by molar-refractivity contribution is 9.10. The summed E-state index contributed by atoms with van der Waals surface area (Å²) in [5.74, 6) is -0.213. The van der Waals surface area contributed by atoms with Gasteiger partial charge in [0.25, 0.3) is 0 Å². The molecule has 1 aromatic carbocycles. The Kier molecular flexibility index (Phi) is 2.63. The second-order valence-corrected chi connectivity index (χ2v) is 3.90. The fourth-order valence-electron chi connectivity index (χ4n) is 1.20. The van der Waals surface area contributed by atoms with Crippen LogP contribution in [0.5, 0.6) is 0 Å². The molecule has 0 aliphatic rings. The maximum Gasteiger partial charge on any atom is 0.123 e. The van der Waals surface area contributed by atoms with Gasteiger partial charge in [0.05, 0.1) is 17.2 Å². The predicted molar refractivity (Wildman–Crippen MR) is 55.4 cm³/mol. The number of hydrogen-bond acceptors (Lipinski definition) is 1. The van der Waals surface area contributed by atoms with E-state index in [1.54, 1.807) is 23.0 Å². The highest BCUT2D eigenvalue weighted by Crippen LogP contribution is 2.09. The normalized spacial score (nSPS) is 10.4. The first kappa shape index (κ1) is 9.40. The zero-order valence-electron chi connectivity index (χ0n) is 7.32. The second kappa shape index (κ2) is 3.92. The summed E-state index contributed by atoms with van der Waals surface area (Å²) in [5.41, 5.74) is 1.03. The standard InChI is InChI=1S/C10H8BrFN2/c11-9-5-13-14(7-9)6-8-1-3-10(12)4-2-8/h1-5,7H,6H2. The van der Waals surface area contributed by atoms with E-state index in [1.165, 1.54) is 12.1 Å². The lowest BCUT2D eigenvalue weighted by Crippen LogP contribution is -1.99. The molecule has 0 radical (unpaired) electrons. The maximum atomic E-state index is 12.6. The van der Waals surface area contributed by atoms with E-state index >= 15 is 0 Å². The van der Waals surface area contributed by atoms with Crippen LogP contribution in [0.4, 0.5) is 4.39 Å². The summed E-state index contributed by atoms with van der Waals surface area (Å²) in [4.78, 5) is 0. The fraction of sp³-hybridized carbons (Fsp3) is 0.100. The van der Waals surface area contributed by atoms with E-state index in [9.17, 15) is 4.39 Å². The largest absolute Gasteiger partial charge is 0.267 e. The Bertz CT molecular complexity index is 422. The summed E-state index contributed by atoms with van der Waals surface area (Å²) >= 11 is 3.31. The molecule has 0 aliphatic carbocycles. The van der Waals surface area contributed by atoms with Crippen LogP contribution in [-0.4, -0.2) is 9.78 Å². The van der Waals surface area contributed by atoms with Crippen LogP contribution < -0.4 is 0 Å². The van der Waals surface area contributed by atoms with E-state index in [2.05, 4.69) is 21.0 Å². The first-order chi connectivity index (χ1) is 6.74. The molecule has 0 N–H and O–H groups in total. The van der Waals surface area contributed by atoms with Gasteiger partial charge in [-0.25, -0.2) is 4.39 Å². The van der Waals surface area contributed by atoms with Gasteiger partial charge in [0, 0.05) is 6.20 Å². The third-order valence-electron chi connectivity index (χ3n) is 1.86. The van der Waals surface area contributed by atoms with Crippen molar-refractivity contribution in [3.63, 3.8) is 0 Å². The third kappa shape index (κ3) is 2.20. The zero-order chi connectivity index (χ0) is 9.97. The lowest BCUT2D eigenvalue weighted by molar-refractivity contribution is 0.624. The second-order valence-electron chi connectivity index (χ2n) is 2.98. The molecule has 0 saturated carbocycles. The minimum absolute atomic E-state index is 0.213. The first-order valence-electron chi connectivity index (χ1n) is 4.16. The van der Waals surface area contributed by atoms with Crippen LogP contribution in [0.25, 0.3) is 0 Å². The van der Waals surface area contributed by atoms with Crippen molar-refractivity contribution in [2.75, 3.05) is 0 Å². The Morgan fingerprint density at radius 1 is 1.29 bits per heavy atom. The van der Waals surface area contributed by atoms with Crippen LogP contribution in [0.1, 0.15) is 5.56 Å². The number of nitrogens with zero attached hydrogens (tertiary/aromatic N) is 2. The van der Waals surface area contributed by atoms with E-state index in [1.807, 2.05) is 6.20 Å². The van der Waals surface area contributed by atoms with Crippen molar-refractivity contribution in [3.8, 4) is 0 Å². The van der Waals surface area contributed by atoms with Gasteiger partial charge in [-0.15, -0.1) is 0 Å². The molecule has 2 rings (SSSR count). The monoisotopic (exact) mass is 254 g/mol. The van der Waals surface area contributed by atoms with Crippen molar-refractivity contribution in [2.45, 2.75) is 6.54 Å². The summed E-state index contributed by atoms with van der Waals surface area (Å²) in [5, 5.41) is 4.11. The average molecular weight is 255 g/mol. The summed E-state index contributed by atoms with van der Waals surface area (Å²) in [6, 6.07) is 6.41. The Hall–Kier alpha value is -1.16. The van der Waals surface area contributed by atoms with Crippen LogP contribution in [0, 0.1) is 5.82 Å². The molecule has 72 valence electrons. The van der Waals surface area contributed by atoms with E-state index in [4.69, 9.17) is 0 Å². The lowest BCUT2D eigenvalue weighted by atomic mass is 10.2. The Balaban J connectivity index is 2.15. The summed E-state index contributed by atoms with van der Waals surface area (Å²) < 4.78 is 15.3. The fourth-order valence-corrected chi connectivity index (χ4v) is 1.53. The minimum Gasteiger partial charge on any atom is -0.267 e. The third-order valence-corrected chi connectivity index (χ3v) is 2.27. The molecule has 2 nitrogen and oxygen atoms in total. The summed E-state index contributed by atoms with van der Waals surface area (Å²) in [6.45, 7) is 0.659. The number of hydrogen-bond donors (Lipinski definition) is 0. The van der Waals surface area contributed by atoms with E-state index in [-0.39, 0.29) is 5.82 Å². The highest BCUT2D eigenvalue weighted by atomic mass is 79.9. The van der Waals surface area contributed by atoms with Crippen molar-refractivity contribution < 1.29 is 4.39 Å². The topological polar surface area (TPSA) is 17.8 Å². The Labute approximate surface area is 89.5 Å². The first-order valence-corrected chi connectivity index (χ1v) is 4.96. The van der Waals surface area contributed by atoms with E-state index in [0.29, 0.717) is 6.54 Å². The summed E-state index contributed by atoms with van der Waals surface area (Å²) in [6.07, 6.45) is 3.60. The molecule has 0 fully saturated rings. The highest BCUT2D eigenvalue weighted by Gasteiger charge is 1.97. The van der Waals surface area contributed by atoms with Crippen molar-refractivity contribution in [1.29, 1.82) is 0 Å². The molecule has 1 aromatic heterocycles. The van der Waals surface area contributed by atoms with Crippen molar-refractivity contribution in [2.24, 2.45) is 0 Å². The molecule has 1 heterocycles. The van der Waals surface area contributed by atoms with E-state index in [0.717, 1.165) is 10.0 Å². The van der Waals surface area contributed by atoms with Gasteiger partial charge in [0.15, 0.2) is 0 Å². The lowest BCUT2D eigenvalue weighted by Gasteiger charge is -2.00. The van der Waals surface area contributed by atoms with Crippen molar-refractivity contribution >= 4 is 15.9 Å². The molecule has 2 aromatic rings. The predicted octanol–water partition coefficient (Wildman–Crippen LogP) is 2.83. The van der Waals surface area contributed by atoms with Crippen molar-refractivity contribution in [3.05, 3.63) is 52.5 Å². The molecule has 0 amide bonds. The summed E-state index contributed by atoms with van der Waals surface area (Å²) in [7, 11) is 0. The average Bonchev–Trinajstić information content (AvgIpc) is 2.56. The van der Waals surface area contributed by atoms with Gasteiger partial charge in [-0.05, 0) is 33.6 Å². The Morgan fingerprint density at radius 2 is 2.00 bits per heavy atom. The van der Waals surface area contributed by atoms with Crippen LogP contribution in [0.3, 0.4) is 0 Å². The minimum atomic E-state index is -0.213. The smallest absolute Gasteiger partial charge is 0.123 e. The molecule has 0 saturated heterocycles. The number of aromatic nitrogens is 2. The molecular weight excluding hydrogens is 247 g/mol. The molecule has 0 bridgehead atoms. The van der Waals surface area contributed by atoms with Crippen LogP contribution in [0.15, 0.2) is 41.1 Å². The number of benzene rings is 1. The molecule has 0 aliphatic heterocycles. The van der Waals surface area contributed by atoms with Crippen LogP contribution in [-0.2, 0) is 6.54 Å². The molecule has 4 heteroatoms. The Morgan fingerprint density at radius 3 is 2.57 bits per heavy atom. The zero-order valence-corrected chi connectivity index (χ0v) is 8.91. The number of halogens is 2. The van der Waals surface area contributed by atoms with Gasteiger partial charge in [-0.2, -0.15) is 5.10 Å². The van der Waals surface area contributed by atoms with Gasteiger partial charge < -0.3 is 0 Å². The molecular formula is C10H8BrFN2.